The zero-order chi connectivity index (χ0) is 54.3. The van der Waals surface area contributed by atoms with Gasteiger partial charge in [0.2, 0.25) is 0 Å². The number of hydrogen-bond donors (Lipinski definition) is 0. The molecule has 0 aliphatic carbocycles. The van der Waals surface area contributed by atoms with E-state index in [0.29, 0.717) is 0 Å². The third-order valence-electron chi connectivity index (χ3n) is 16.1. The Kier molecular flexibility index (Phi) is 12.2. The molecule has 0 radical (unpaired) electrons. The molecule has 0 saturated carbocycles. The number of hydrogen-bond acceptors (Lipinski definition) is 4. The SMILES string of the molecule is c1ccc(N(c2ccc(N(c3cccc4ccccc34)c3cccc4ccccc34)cc2)c2cccc3ccccc23)c(N(c2ccc(N(c3cccc4ccccc34)c3cccc4ccccc34)cc2)c2cccc3ccccc23)c1. The minimum atomic E-state index is 1.02. The third kappa shape index (κ3) is 8.49. The predicted molar refractivity (Wildman–Crippen MR) is 350 cm³/mol. The Bertz CT molecular complexity index is 4360. The van der Waals surface area contributed by atoms with E-state index in [1.807, 2.05) is 0 Å². The lowest BCUT2D eigenvalue weighted by Gasteiger charge is -2.35. The van der Waals surface area contributed by atoms with Crippen molar-refractivity contribution in [3.8, 4) is 0 Å². The quantitative estimate of drug-likeness (QED) is 0.121. The summed E-state index contributed by atoms with van der Waals surface area (Å²) in [5, 5.41) is 14.1. The molecule has 0 atom stereocenters. The van der Waals surface area contributed by atoms with E-state index in [-0.39, 0.29) is 0 Å². The van der Waals surface area contributed by atoms with Crippen LogP contribution in [-0.2, 0) is 0 Å². The molecule has 386 valence electrons. The Morgan fingerprint density at radius 2 is 0.268 bits per heavy atom. The Morgan fingerprint density at radius 3 is 0.476 bits per heavy atom. The van der Waals surface area contributed by atoms with Crippen LogP contribution in [-0.4, -0.2) is 0 Å². The van der Waals surface area contributed by atoms with Crippen molar-refractivity contribution in [2.24, 2.45) is 0 Å². The Labute approximate surface area is 477 Å². The summed E-state index contributed by atoms with van der Waals surface area (Å²) in [4.78, 5) is 9.77. The maximum absolute atomic E-state index is 2.46. The molecule has 4 nitrogen and oxygen atoms in total. The van der Waals surface area contributed by atoms with E-state index in [1.54, 1.807) is 0 Å². The Morgan fingerprint density at radius 1 is 0.122 bits per heavy atom. The highest BCUT2D eigenvalue weighted by Crippen LogP contribution is 2.51. The normalized spacial score (nSPS) is 11.4. The van der Waals surface area contributed by atoms with Gasteiger partial charge in [0.25, 0.3) is 0 Å². The number of fused-ring (bicyclic) bond motifs is 6. The maximum Gasteiger partial charge on any atom is 0.0702 e. The largest absolute Gasteiger partial charge is 0.309 e. The molecule has 0 aromatic heterocycles. The van der Waals surface area contributed by atoms with Gasteiger partial charge < -0.3 is 19.6 Å². The van der Waals surface area contributed by atoms with Gasteiger partial charge in [-0.1, -0.05) is 231 Å². The average molecular weight is 1050 g/mol. The molecule has 0 spiro atoms. The van der Waals surface area contributed by atoms with Crippen LogP contribution >= 0.6 is 0 Å². The van der Waals surface area contributed by atoms with Gasteiger partial charge in [0.1, 0.15) is 0 Å². The maximum atomic E-state index is 2.46. The van der Waals surface area contributed by atoms with Crippen LogP contribution in [0.2, 0.25) is 0 Å². The van der Waals surface area contributed by atoms with Crippen LogP contribution in [0.4, 0.5) is 68.2 Å². The molecule has 82 heavy (non-hydrogen) atoms. The number of benzene rings is 15. The van der Waals surface area contributed by atoms with Gasteiger partial charge in [-0.2, -0.15) is 0 Å². The molecule has 0 amide bonds. The topological polar surface area (TPSA) is 13.0 Å². The Balaban J connectivity index is 0.926. The fourth-order valence-corrected chi connectivity index (χ4v) is 12.4. The van der Waals surface area contributed by atoms with Crippen LogP contribution in [0.5, 0.6) is 0 Å². The van der Waals surface area contributed by atoms with E-state index in [1.165, 1.54) is 53.9 Å². The van der Waals surface area contributed by atoms with Gasteiger partial charge in [0, 0.05) is 55.1 Å². The molecular weight excluding hydrogens is 993 g/mol. The summed E-state index contributed by atoms with van der Waals surface area (Å²) in [6, 6.07) is 119. The average Bonchev–Trinajstić information content (AvgIpc) is 3.74. The summed E-state index contributed by atoms with van der Waals surface area (Å²) in [5.74, 6) is 0. The summed E-state index contributed by atoms with van der Waals surface area (Å²) < 4.78 is 0. The van der Waals surface area contributed by atoms with Crippen LogP contribution in [0.25, 0.3) is 64.6 Å². The molecule has 15 rings (SSSR count). The molecule has 0 saturated heterocycles. The van der Waals surface area contributed by atoms with Crippen molar-refractivity contribution in [2.75, 3.05) is 19.6 Å². The first-order chi connectivity index (χ1) is 40.7. The van der Waals surface area contributed by atoms with E-state index < -0.39 is 0 Å². The first kappa shape index (κ1) is 48.2. The molecule has 0 aliphatic rings. The lowest BCUT2D eigenvalue weighted by Crippen LogP contribution is -2.18. The number of nitrogens with zero attached hydrogens (tertiary/aromatic N) is 4. The number of rotatable bonds is 12. The summed E-state index contributed by atoms with van der Waals surface area (Å²) in [5.41, 5.74) is 12.8. The first-order valence-electron chi connectivity index (χ1n) is 28.1. The standard InChI is InChI=1S/C78H54N4/c1-7-33-65-55(21-1)27-15-41-71(65)79(72-42-16-28-56-22-2-8-34-66(56)72)61-47-51-63(52-48-61)81(75-45-19-31-59-25-5-11-37-69(59)75)77-39-13-14-40-78(77)82(76-46-20-32-60-26-6-12-38-70(60)76)64-53-49-62(50-54-64)80(73-43-17-29-57-23-3-9-35-67(57)73)74-44-18-30-58-24-4-10-36-68(58)74/h1-54H. The zero-order valence-corrected chi connectivity index (χ0v) is 45.0. The van der Waals surface area contributed by atoms with E-state index in [2.05, 4.69) is 347 Å². The lowest BCUT2D eigenvalue weighted by molar-refractivity contribution is 1.23. The molecule has 0 unspecified atom stereocenters. The van der Waals surface area contributed by atoms with Crippen molar-refractivity contribution in [1.29, 1.82) is 0 Å². The first-order valence-corrected chi connectivity index (χ1v) is 28.1. The van der Waals surface area contributed by atoms with Gasteiger partial charge in [0.05, 0.1) is 45.5 Å². The third-order valence-corrected chi connectivity index (χ3v) is 16.1. The highest BCUT2D eigenvalue weighted by atomic mass is 15.2. The number of para-hydroxylation sites is 2. The molecule has 4 heteroatoms. The van der Waals surface area contributed by atoms with E-state index in [0.717, 1.165) is 79.0 Å². The van der Waals surface area contributed by atoms with Gasteiger partial charge >= 0.3 is 0 Å². The summed E-state index contributed by atoms with van der Waals surface area (Å²) in [6.45, 7) is 0. The van der Waals surface area contributed by atoms with E-state index in [9.17, 15) is 0 Å². The minimum Gasteiger partial charge on any atom is -0.309 e. The monoisotopic (exact) mass is 1050 g/mol. The van der Waals surface area contributed by atoms with Gasteiger partial charge in [-0.25, -0.2) is 0 Å². The second kappa shape index (κ2) is 20.7. The second-order valence-electron chi connectivity index (χ2n) is 20.9. The van der Waals surface area contributed by atoms with Crippen molar-refractivity contribution in [1.82, 2.24) is 0 Å². The highest BCUT2D eigenvalue weighted by molar-refractivity contribution is 6.09. The molecule has 15 aromatic carbocycles. The molecule has 0 N–H and O–H groups in total. The van der Waals surface area contributed by atoms with Crippen molar-refractivity contribution in [2.45, 2.75) is 0 Å². The van der Waals surface area contributed by atoms with Gasteiger partial charge in [0.15, 0.2) is 0 Å². The summed E-state index contributed by atoms with van der Waals surface area (Å²) in [6.07, 6.45) is 0. The molecule has 0 fully saturated rings. The van der Waals surface area contributed by atoms with Crippen LogP contribution in [0.3, 0.4) is 0 Å². The van der Waals surface area contributed by atoms with Gasteiger partial charge in [-0.3, -0.25) is 0 Å². The minimum absolute atomic E-state index is 1.02. The summed E-state index contributed by atoms with van der Waals surface area (Å²) >= 11 is 0. The van der Waals surface area contributed by atoms with Crippen LogP contribution in [0, 0.1) is 0 Å². The van der Waals surface area contributed by atoms with Crippen molar-refractivity contribution >= 4 is 133 Å². The number of anilines is 12. The van der Waals surface area contributed by atoms with Crippen LogP contribution in [0.15, 0.2) is 328 Å². The van der Waals surface area contributed by atoms with Crippen LogP contribution < -0.4 is 19.6 Å². The molecule has 15 aromatic rings. The van der Waals surface area contributed by atoms with E-state index >= 15 is 0 Å². The van der Waals surface area contributed by atoms with Gasteiger partial charge in [-0.15, -0.1) is 0 Å². The molecule has 0 heterocycles. The highest BCUT2D eigenvalue weighted by Gasteiger charge is 2.26. The van der Waals surface area contributed by atoms with E-state index in [4.69, 9.17) is 0 Å². The predicted octanol–water partition coefficient (Wildman–Crippen LogP) is 22.5. The molecule has 0 bridgehead atoms. The fraction of sp³-hybridized carbons (Fsp3) is 0. The lowest BCUT2D eigenvalue weighted by atomic mass is 10.0. The molecule has 0 aliphatic heterocycles. The fourth-order valence-electron chi connectivity index (χ4n) is 12.4. The Hall–Kier alpha value is -10.9. The zero-order valence-electron chi connectivity index (χ0n) is 45.0. The van der Waals surface area contributed by atoms with Crippen molar-refractivity contribution in [3.63, 3.8) is 0 Å². The van der Waals surface area contributed by atoms with Crippen molar-refractivity contribution < 1.29 is 0 Å². The molecular formula is C78H54N4. The van der Waals surface area contributed by atoms with Crippen LogP contribution in [0.1, 0.15) is 0 Å². The van der Waals surface area contributed by atoms with Gasteiger partial charge in [-0.05, 0) is 129 Å². The van der Waals surface area contributed by atoms with Crippen molar-refractivity contribution in [3.05, 3.63) is 328 Å². The smallest absolute Gasteiger partial charge is 0.0702 e. The second-order valence-corrected chi connectivity index (χ2v) is 20.9. The summed E-state index contributed by atoms with van der Waals surface area (Å²) in [7, 11) is 0.